The summed E-state index contributed by atoms with van der Waals surface area (Å²) in [7, 11) is 0. The first-order valence-corrected chi connectivity index (χ1v) is 11.5. The van der Waals surface area contributed by atoms with E-state index >= 15 is 0 Å². The van der Waals surface area contributed by atoms with E-state index < -0.39 is 0 Å². The van der Waals surface area contributed by atoms with E-state index in [4.69, 9.17) is 0 Å². The van der Waals surface area contributed by atoms with Gasteiger partial charge in [0, 0.05) is 31.7 Å². The van der Waals surface area contributed by atoms with Crippen molar-refractivity contribution in [1.29, 1.82) is 0 Å². The van der Waals surface area contributed by atoms with Gasteiger partial charge in [-0.15, -0.1) is 11.3 Å². The van der Waals surface area contributed by atoms with Gasteiger partial charge in [0.15, 0.2) is 0 Å². The Morgan fingerprint density at radius 1 is 1.18 bits per heavy atom. The van der Waals surface area contributed by atoms with Crippen LogP contribution < -0.4 is 0 Å². The van der Waals surface area contributed by atoms with Gasteiger partial charge < -0.3 is 4.90 Å². The Hall–Kier alpha value is -1.72. The fraction of sp³-hybridized carbons (Fsp3) is 0.565. The van der Waals surface area contributed by atoms with Gasteiger partial charge in [0.25, 0.3) is 5.91 Å². The zero-order valence-electron chi connectivity index (χ0n) is 16.6. The summed E-state index contributed by atoms with van der Waals surface area (Å²) in [5.74, 6) is 1.44. The molecule has 28 heavy (non-hydrogen) atoms. The highest BCUT2D eigenvalue weighted by atomic mass is 32.1. The van der Waals surface area contributed by atoms with Crippen molar-refractivity contribution in [3.63, 3.8) is 0 Å². The van der Waals surface area contributed by atoms with Gasteiger partial charge in [0.1, 0.15) is 4.88 Å². The zero-order valence-corrected chi connectivity index (χ0v) is 17.4. The van der Waals surface area contributed by atoms with Gasteiger partial charge in [-0.2, -0.15) is 0 Å². The first kappa shape index (κ1) is 18.3. The van der Waals surface area contributed by atoms with Crippen molar-refractivity contribution in [2.75, 3.05) is 19.6 Å². The molecule has 0 saturated carbocycles. The lowest BCUT2D eigenvalue weighted by Gasteiger charge is -2.55. The molecular weight excluding hydrogens is 366 g/mol. The summed E-state index contributed by atoms with van der Waals surface area (Å²) in [6, 6.07) is 12.3. The number of fused-ring (bicyclic) bond motifs is 4. The predicted molar refractivity (Wildman–Crippen MR) is 113 cm³/mol. The first-order chi connectivity index (χ1) is 13.7. The third kappa shape index (κ3) is 3.50. The van der Waals surface area contributed by atoms with Gasteiger partial charge >= 0.3 is 0 Å². The topological polar surface area (TPSA) is 36.4 Å². The van der Waals surface area contributed by atoms with E-state index in [1.807, 2.05) is 6.92 Å². The number of carbonyl (C=O) groups is 1. The van der Waals surface area contributed by atoms with E-state index in [0.29, 0.717) is 23.9 Å². The lowest BCUT2D eigenvalue weighted by Crippen LogP contribution is -2.62. The van der Waals surface area contributed by atoms with Gasteiger partial charge in [-0.25, -0.2) is 4.98 Å². The number of nitrogens with zero attached hydrogens (tertiary/aromatic N) is 3. The van der Waals surface area contributed by atoms with Gasteiger partial charge in [0.2, 0.25) is 0 Å². The number of aryl methyl sites for hydroxylation is 1. The highest BCUT2D eigenvalue weighted by Crippen LogP contribution is 2.40. The largest absolute Gasteiger partial charge is 0.337 e. The van der Waals surface area contributed by atoms with Crippen molar-refractivity contribution in [2.24, 2.45) is 11.8 Å². The third-order valence-corrected chi connectivity index (χ3v) is 7.85. The molecule has 4 nitrogen and oxygen atoms in total. The maximum atomic E-state index is 13.0. The van der Waals surface area contributed by atoms with Gasteiger partial charge in [-0.3, -0.25) is 9.69 Å². The summed E-state index contributed by atoms with van der Waals surface area (Å²) in [5.41, 5.74) is 1.46. The third-order valence-electron chi connectivity index (χ3n) is 6.95. The van der Waals surface area contributed by atoms with Crippen LogP contribution >= 0.6 is 11.3 Å². The van der Waals surface area contributed by atoms with E-state index in [0.717, 1.165) is 29.5 Å². The van der Waals surface area contributed by atoms with Crippen LogP contribution in [0.1, 0.15) is 45.9 Å². The van der Waals surface area contributed by atoms with E-state index in [2.05, 4.69) is 45.1 Å². The molecule has 5 heteroatoms. The van der Waals surface area contributed by atoms with Crippen LogP contribution in [0.5, 0.6) is 0 Å². The Morgan fingerprint density at radius 2 is 2.04 bits per heavy atom. The maximum Gasteiger partial charge on any atom is 0.265 e. The zero-order chi connectivity index (χ0) is 19.1. The second kappa shape index (κ2) is 7.60. The van der Waals surface area contributed by atoms with E-state index in [-0.39, 0.29) is 5.91 Å². The van der Waals surface area contributed by atoms with Crippen LogP contribution in [-0.2, 0) is 6.42 Å². The Balaban J connectivity index is 1.31. The Morgan fingerprint density at radius 3 is 2.82 bits per heavy atom. The number of carbonyl (C=O) groups excluding carboxylic acids is 1. The van der Waals surface area contributed by atoms with Crippen molar-refractivity contribution in [3.8, 4) is 0 Å². The minimum atomic E-state index is 0.199. The molecule has 2 aromatic rings. The molecular formula is C23H29N3OS. The average Bonchev–Trinajstić information content (AvgIpc) is 3.15. The molecule has 4 heterocycles. The number of thiazole rings is 1. The molecule has 3 aliphatic heterocycles. The monoisotopic (exact) mass is 395 g/mol. The molecule has 0 spiro atoms. The van der Waals surface area contributed by atoms with Crippen molar-refractivity contribution in [3.05, 3.63) is 52.0 Å². The fourth-order valence-electron chi connectivity index (χ4n) is 5.80. The highest BCUT2D eigenvalue weighted by molar-refractivity contribution is 7.13. The summed E-state index contributed by atoms with van der Waals surface area (Å²) >= 11 is 1.53. The van der Waals surface area contributed by atoms with Crippen LogP contribution in [0.25, 0.3) is 0 Å². The van der Waals surface area contributed by atoms with Crippen LogP contribution in [0.3, 0.4) is 0 Å². The summed E-state index contributed by atoms with van der Waals surface area (Å²) in [6.45, 7) is 4.96. The normalized spacial score (nSPS) is 30.1. The molecule has 148 valence electrons. The Labute approximate surface area is 171 Å². The van der Waals surface area contributed by atoms with Gasteiger partial charge in [-0.1, -0.05) is 36.8 Å². The van der Waals surface area contributed by atoms with E-state index in [1.54, 1.807) is 6.20 Å². The molecule has 1 aromatic carbocycles. The second-order valence-corrected chi connectivity index (χ2v) is 10.1. The molecule has 0 aliphatic carbocycles. The molecule has 5 rings (SSSR count). The Bertz CT molecular complexity index is 835. The Kier molecular flexibility index (Phi) is 4.97. The minimum absolute atomic E-state index is 0.199. The lowest BCUT2D eigenvalue weighted by molar-refractivity contribution is -0.0498. The molecule has 4 atom stereocenters. The SMILES string of the molecule is Cc1ncc(C(=O)N2C[C@@H]3C[C@H](C2)[C@@H]2CCC[C@H](Cc4ccccc4)N2C3)s1. The molecule has 3 aliphatic rings. The summed E-state index contributed by atoms with van der Waals surface area (Å²) < 4.78 is 0. The maximum absolute atomic E-state index is 13.0. The molecule has 3 saturated heterocycles. The lowest BCUT2D eigenvalue weighted by atomic mass is 9.74. The molecule has 1 amide bonds. The summed E-state index contributed by atoms with van der Waals surface area (Å²) in [6.07, 6.45) is 8.15. The number of amides is 1. The first-order valence-electron chi connectivity index (χ1n) is 10.7. The molecule has 0 N–H and O–H groups in total. The van der Waals surface area contributed by atoms with Crippen molar-refractivity contribution >= 4 is 17.2 Å². The number of piperidine rings is 3. The average molecular weight is 396 g/mol. The van der Waals surface area contributed by atoms with Crippen LogP contribution in [-0.4, -0.2) is 52.4 Å². The number of benzene rings is 1. The molecule has 2 bridgehead atoms. The minimum Gasteiger partial charge on any atom is -0.337 e. The number of hydrogen-bond acceptors (Lipinski definition) is 4. The molecule has 3 fully saturated rings. The predicted octanol–water partition coefficient (Wildman–Crippen LogP) is 4.01. The summed E-state index contributed by atoms with van der Waals surface area (Å²) in [5, 5.41) is 0.975. The second-order valence-electron chi connectivity index (χ2n) is 8.85. The van der Waals surface area contributed by atoms with Crippen LogP contribution in [0.2, 0.25) is 0 Å². The number of rotatable bonds is 3. The number of hydrogen-bond donors (Lipinski definition) is 0. The van der Waals surface area contributed by atoms with Gasteiger partial charge in [0.05, 0.1) is 11.2 Å². The van der Waals surface area contributed by atoms with Crippen molar-refractivity contribution in [1.82, 2.24) is 14.8 Å². The van der Waals surface area contributed by atoms with Crippen LogP contribution in [0.15, 0.2) is 36.5 Å². The fourth-order valence-corrected chi connectivity index (χ4v) is 6.54. The van der Waals surface area contributed by atoms with Gasteiger partial charge in [-0.05, 0) is 50.0 Å². The smallest absolute Gasteiger partial charge is 0.265 e. The number of aromatic nitrogens is 1. The highest BCUT2D eigenvalue weighted by Gasteiger charge is 2.45. The van der Waals surface area contributed by atoms with E-state index in [1.165, 1.54) is 49.0 Å². The van der Waals surface area contributed by atoms with Crippen molar-refractivity contribution in [2.45, 2.75) is 51.1 Å². The summed E-state index contributed by atoms with van der Waals surface area (Å²) in [4.78, 5) is 23.0. The van der Waals surface area contributed by atoms with Crippen LogP contribution in [0, 0.1) is 18.8 Å². The molecule has 1 aromatic heterocycles. The molecule has 0 radical (unpaired) electrons. The molecule has 0 unspecified atom stereocenters. The standard InChI is InChI=1S/C23H29N3OS/c1-16-24-12-22(28-16)23(27)25-13-18-10-19(15-25)21-9-5-8-20(26(21)14-18)11-17-6-3-2-4-7-17/h2-4,6-7,12,18-21H,5,8-11,13-15H2,1H3/t18-,19+,20+,21-/m0/s1. The van der Waals surface area contributed by atoms with Crippen molar-refractivity contribution < 1.29 is 4.79 Å². The van der Waals surface area contributed by atoms with E-state index in [9.17, 15) is 4.79 Å². The quantitative estimate of drug-likeness (QED) is 0.788. The van der Waals surface area contributed by atoms with Crippen LogP contribution in [0.4, 0.5) is 0 Å². The number of likely N-dealkylation sites (tertiary alicyclic amines) is 1.